The molecule has 0 amide bonds. The van der Waals surface area contributed by atoms with Gasteiger partial charge in [0.25, 0.3) is 0 Å². The standard InChI is InChI=1S/C14H18O/c1-11-6-8-14(9-7-11)13-5-3-2-4-12(13)10-15-14/h2-5,11H,6-10H2,1H3/t11-,14+. The highest BCUT2D eigenvalue weighted by Gasteiger charge is 2.41. The highest BCUT2D eigenvalue weighted by atomic mass is 16.5. The summed E-state index contributed by atoms with van der Waals surface area (Å²) in [5.74, 6) is 0.881. The van der Waals surface area contributed by atoms with Gasteiger partial charge in [0.05, 0.1) is 12.2 Å². The van der Waals surface area contributed by atoms with Crippen molar-refractivity contribution in [3.63, 3.8) is 0 Å². The van der Waals surface area contributed by atoms with E-state index in [1.807, 2.05) is 0 Å². The van der Waals surface area contributed by atoms with Crippen LogP contribution in [-0.2, 0) is 16.9 Å². The lowest BCUT2D eigenvalue weighted by molar-refractivity contribution is -0.0710. The number of hydrogen-bond donors (Lipinski definition) is 0. The summed E-state index contributed by atoms with van der Waals surface area (Å²) in [5.41, 5.74) is 2.97. The van der Waals surface area contributed by atoms with Crippen molar-refractivity contribution in [2.24, 2.45) is 5.92 Å². The Morgan fingerprint density at radius 1 is 1.20 bits per heavy atom. The summed E-state index contributed by atoms with van der Waals surface area (Å²) in [5, 5.41) is 0. The molecule has 2 aliphatic rings. The van der Waals surface area contributed by atoms with Crippen LogP contribution in [0.5, 0.6) is 0 Å². The second kappa shape index (κ2) is 3.34. The van der Waals surface area contributed by atoms with Gasteiger partial charge in [0.2, 0.25) is 0 Å². The molecule has 1 heterocycles. The number of benzene rings is 1. The van der Waals surface area contributed by atoms with E-state index in [0.29, 0.717) is 0 Å². The van der Waals surface area contributed by atoms with Crippen LogP contribution >= 0.6 is 0 Å². The third kappa shape index (κ3) is 1.41. The van der Waals surface area contributed by atoms with Crippen LogP contribution in [-0.4, -0.2) is 0 Å². The molecule has 1 aliphatic carbocycles. The fraction of sp³-hybridized carbons (Fsp3) is 0.571. The van der Waals surface area contributed by atoms with Crippen LogP contribution < -0.4 is 0 Å². The molecule has 3 rings (SSSR count). The molecule has 1 spiro atoms. The molecular weight excluding hydrogens is 184 g/mol. The predicted molar refractivity (Wildman–Crippen MR) is 60.5 cm³/mol. The van der Waals surface area contributed by atoms with E-state index in [9.17, 15) is 0 Å². The highest BCUT2D eigenvalue weighted by Crippen LogP contribution is 2.47. The number of ether oxygens (including phenoxy) is 1. The molecule has 0 atom stereocenters. The summed E-state index contributed by atoms with van der Waals surface area (Å²) < 4.78 is 6.10. The first-order valence-corrected chi connectivity index (χ1v) is 6.02. The Bertz CT molecular complexity index is 361. The van der Waals surface area contributed by atoms with Gasteiger partial charge in [-0.3, -0.25) is 0 Å². The van der Waals surface area contributed by atoms with Crippen molar-refractivity contribution < 1.29 is 4.74 Å². The normalized spacial score (nSPS) is 34.3. The largest absolute Gasteiger partial charge is 0.366 e. The van der Waals surface area contributed by atoms with Crippen molar-refractivity contribution in [2.75, 3.05) is 0 Å². The third-order valence-electron chi connectivity index (χ3n) is 4.09. The zero-order valence-corrected chi connectivity index (χ0v) is 9.33. The van der Waals surface area contributed by atoms with Gasteiger partial charge in [-0.1, -0.05) is 31.2 Å². The molecule has 1 aromatic carbocycles. The molecule has 1 saturated carbocycles. The van der Waals surface area contributed by atoms with E-state index in [1.54, 1.807) is 0 Å². The molecule has 1 heteroatoms. The van der Waals surface area contributed by atoms with Gasteiger partial charge in [0, 0.05) is 0 Å². The minimum atomic E-state index is 0.0864. The molecule has 1 nitrogen and oxygen atoms in total. The topological polar surface area (TPSA) is 9.23 Å². The summed E-state index contributed by atoms with van der Waals surface area (Å²) in [6.07, 6.45) is 5.05. The van der Waals surface area contributed by atoms with Crippen LogP contribution in [0.15, 0.2) is 24.3 Å². The quantitative estimate of drug-likeness (QED) is 0.624. The second-order valence-corrected chi connectivity index (χ2v) is 5.12. The minimum absolute atomic E-state index is 0.0864. The van der Waals surface area contributed by atoms with Crippen LogP contribution in [0, 0.1) is 5.92 Å². The molecule has 0 saturated heterocycles. The van der Waals surface area contributed by atoms with Crippen molar-refractivity contribution in [1.29, 1.82) is 0 Å². The van der Waals surface area contributed by atoms with E-state index in [0.717, 1.165) is 12.5 Å². The lowest BCUT2D eigenvalue weighted by Gasteiger charge is -2.36. The molecule has 80 valence electrons. The maximum Gasteiger partial charge on any atom is 0.0939 e. The SMILES string of the molecule is C[C@H]1CC[C@]2(CC1)OCc1ccccc12. The van der Waals surface area contributed by atoms with E-state index in [2.05, 4.69) is 31.2 Å². The maximum atomic E-state index is 6.10. The number of fused-ring (bicyclic) bond motifs is 2. The fourth-order valence-corrected chi connectivity index (χ4v) is 3.03. The maximum absolute atomic E-state index is 6.10. The fourth-order valence-electron chi connectivity index (χ4n) is 3.03. The molecule has 0 N–H and O–H groups in total. The Morgan fingerprint density at radius 3 is 2.73 bits per heavy atom. The van der Waals surface area contributed by atoms with Crippen molar-refractivity contribution in [2.45, 2.75) is 44.8 Å². The zero-order chi connectivity index (χ0) is 10.3. The van der Waals surface area contributed by atoms with E-state index in [4.69, 9.17) is 4.74 Å². The van der Waals surface area contributed by atoms with Crippen molar-refractivity contribution in [3.8, 4) is 0 Å². The zero-order valence-electron chi connectivity index (χ0n) is 9.33. The van der Waals surface area contributed by atoms with Gasteiger partial charge in [-0.15, -0.1) is 0 Å². The molecular formula is C14H18O. The average molecular weight is 202 g/mol. The summed E-state index contributed by atoms with van der Waals surface area (Å²) in [4.78, 5) is 0. The minimum Gasteiger partial charge on any atom is -0.366 e. The molecule has 0 aromatic heterocycles. The predicted octanol–water partition coefficient (Wildman–Crippen LogP) is 3.62. The summed E-state index contributed by atoms with van der Waals surface area (Å²) in [6.45, 7) is 3.18. The highest BCUT2D eigenvalue weighted by molar-refractivity contribution is 5.35. The molecule has 1 aromatic rings. The molecule has 0 unspecified atom stereocenters. The van der Waals surface area contributed by atoms with Gasteiger partial charge in [-0.2, -0.15) is 0 Å². The van der Waals surface area contributed by atoms with Crippen molar-refractivity contribution >= 4 is 0 Å². The van der Waals surface area contributed by atoms with Gasteiger partial charge in [-0.05, 0) is 42.7 Å². The number of rotatable bonds is 0. The van der Waals surface area contributed by atoms with Gasteiger partial charge in [-0.25, -0.2) is 0 Å². The second-order valence-electron chi connectivity index (χ2n) is 5.12. The van der Waals surface area contributed by atoms with Gasteiger partial charge >= 0.3 is 0 Å². The smallest absolute Gasteiger partial charge is 0.0939 e. The van der Waals surface area contributed by atoms with E-state index in [-0.39, 0.29) is 5.60 Å². The van der Waals surface area contributed by atoms with Crippen LogP contribution in [0.2, 0.25) is 0 Å². The van der Waals surface area contributed by atoms with Crippen LogP contribution in [0.1, 0.15) is 43.7 Å². The van der Waals surface area contributed by atoms with Crippen LogP contribution in [0.25, 0.3) is 0 Å². The molecule has 1 fully saturated rings. The first kappa shape index (κ1) is 9.41. The summed E-state index contributed by atoms with van der Waals surface area (Å²) >= 11 is 0. The van der Waals surface area contributed by atoms with Crippen molar-refractivity contribution in [1.82, 2.24) is 0 Å². The lowest BCUT2D eigenvalue weighted by atomic mass is 9.75. The molecule has 0 radical (unpaired) electrons. The van der Waals surface area contributed by atoms with E-state index >= 15 is 0 Å². The van der Waals surface area contributed by atoms with Crippen molar-refractivity contribution in [3.05, 3.63) is 35.4 Å². The summed E-state index contributed by atoms with van der Waals surface area (Å²) in [7, 11) is 0. The van der Waals surface area contributed by atoms with Crippen LogP contribution in [0.4, 0.5) is 0 Å². The Hall–Kier alpha value is -0.820. The van der Waals surface area contributed by atoms with E-state index in [1.165, 1.54) is 36.8 Å². The lowest BCUT2D eigenvalue weighted by Crippen LogP contribution is -2.30. The third-order valence-corrected chi connectivity index (χ3v) is 4.09. The van der Waals surface area contributed by atoms with Crippen LogP contribution in [0.3, 0.4) is 0 Å². The van der Waals surface area contributed by atoms with Gasteiger partial charge < -0.3 is 4.74 Å². The molecule has 1 aliphatic heterocycles. The van der Waals surface area contributed by atoms with Gasteiger partial charge in [0.15, 0.2) is 0 Å². The first-order valence-electron chi connectivity index (χ1n) is 6.02. The van der Waals surface area contributed by atoms with Gasteiger partial charge in [0.1, 0.15) is 0 Å². The average Bonchev–Trinajstić information content (AvgIpc) is 2.63. The number of hydrogen-bond acceptors (Lipinski definition) is 1. The molecule has 0 bridgehead atoms. The molecule has 15 heavy (non-hydrogen) atoms. The summed E-state index contributed by atoms with van der Waals surface area (Å²) in [6, 6.07) is 8.74. The first-order chi connectivity index (χ1) is 7.30. The Kier molecular flexibility index (Phi) is 2.10. The Morgan fingerprint density at radius 2 is 1.93 bits per heavy atom. The van der Waals surface area contributed by atoms with E-state index < -0.39 is 0 Å². The Labute approximate surface area is 91.5 Å². The Balaban J connectivity index is 1.95. The monoisotopic (exact) mass is 202 g/mol.